The highest BCUT2D eigenvalue weighted by Crippen LogP contribution is 2.33. The molecule has 1 aromatic rings. The molecule has 0 aromatic heterocycles. The summed E-state index contributed by atoms with van der Waals surface area (Å²) in [6.07, 6.45) is 1.04. The van der Waals surface area contributed by atoms with Gasteiger partial charge in [0.2, 0.25) is 0 Å². The van der Waals surface area contributed by atoms with E-state index in [4.69, 9.17) is 17.3 Å². The van der Waals surface area contributed by atoms with E-state index in [0.29, 0.717) is 10.9 Å². The van der Waals surface area contributed by atoms with Crippen molar-refractivity contribution in [1.29, 1.82) is 0 Å². The highest BCUT2D eigenvalue weighted by atomic mass is 35.5. The molecule has 78 valence electrons. The molecular formula is C10H13ClFNS. The van der Waals surface area contributed by atoms with Gasteiger partial charge < -0.3 is 5.73 Å². The van der Waals surface area contributed by atoms with Crippen LogP contribution in [0.1, 0.15) is 20.3 Å². The molecule has 0 radical (unpaired) electrons. The highest BCUT2D eigenvalue weighted by Gasteiger charge is 2.09. The van der Waals surface area contributed by atoms with Crippen molar-refractivity contribution in [2.75, 3.05) is 5.73 Å². The molecular weight excluding hydrogens is 221 g/mol. The van der Waals surface area contributed by atoms with Crippen LogP contribution in [0, 0.1) is 5.82 Å². The first kappa shape index (κ1) is 11.7. The van der Waals surface area contributed by atoms with Crippen LogP contribution < -0.4 is 5.73 Å². The minimum Gasteiger partial charge on any atom is -0.398 e. The van der Waals surface area contributed by atoms with Gasteiger partial charge in [0, 0.05) is 15.8 Å². The van der Waals surface area contributed by atoms with Gasteiger partial charge in [-0.15, -0.1) is 11.8 Å². The molecule has 2 N–H and O–H groups in total. The van der Waals surface area contributed by atoms with E-state index in [9.17, 15) is 4.39 Å². The number of halogens is 2. The van der Waals surface area contributed by atoms with Crippen molar-refractivity contribution in [2.24, 2.45) is 0 Å². The third-order valence-electron chi connectivity index (χ3n) is 1.96. The molecule has 0 aliphatic rings. The predicted molar refractivity (Wildman–Crippen MR) is 61.4 cm³/mol. The summed E-state index contributed by atoms with van der Waals surface area (Å²) >= 11 is 7.29. The van der Waals surface area contributed by atoms with E-state index < -0.39 is 5.82 Å². The lowest BCUT2D eigenvalue weighted by atomic mass is 10.3. The smallest absolute Gasteiger partial charge is 0.143 e. The molecule has 0 saturated heterocycles. The van der Waals surface area contributed by atoms with Gasteiger partial charge in [-0.2, -0.15) is 0 Å². The molecule has 4 heteroatoms. The van der Waals surface area contributed by atoms with E-state index in [-0.39, 0.29) is 5.02 Å². The summed E-state index contributed by atoms with van der Waals surface area (Å²) in [5.41, 5.74) is 6.13. The maximum absolute atomic E-state index is 13.0. The van der Waals surface area contributed by atoms with Crippen molar-refractivity contribution < 1.29 is 4.39 Å². The molecule has 14 heavy (non-hydrogen) atoms. The van der Waals surface area contributed by atoms with Gasteiger partial charge in [-0.1, -0.05) is 25.4 Å². The monoisotopic (exact) mass is 233 g/mol. The second kappa shape index (κ2) is 4.89. The van der Waals surface area contributed by atoms with Gasteiger partial charge in [-0.3, -0.25) is 0 Å². The summed E-state index contributed by atoms with van der Waals surface area (Å²) in [5, 5.41) is 0.587. The van der Waals surface area contributed by atoms with E-state index in [1.165, 1.54) is 6.07 Å². The average molecular weight is 234 g/mol. The Morgan fingerprint density at radius 3 is 2.79 bits per heavy atom. The molecule has 0 fully saturated rings. The fourth-order valence-corrected chi connectivity index (χ4v) is 2.16. The Balaban J connectivity index is 2.92. The number of nitrogen functional groups attached to an aromatic ring is 1. The van der Waals surface area contributed by atoms with E-state index in [1.807, 2.05) is 0 Å². The number of thioether (sulfide) groups is 1. The van der Waals surface area contributed by atoms with E-state index in [1.54, 1.807) is 17.8 Å². The fourth-order valence-electron chi connectivity index (χ4n) is 0.946. The third kappa shape index (κ3) is 2.79. The van der Waals surface area contributed by atoms with E-state index in [2.05, 4.69) is 13.8 Å². The molecule has 0 heterocycles. The van der Waals surface area contributed by atoms with Crippen molar-refractivity contribution in [3.8, 4) is 0 Å². The molecule has 1 atom stereocenters. The van der Waals surface area contributed by atoms with Crippen LogP contribution in [0.15, 0.2) is 17.0 Å². The van der Waals surface area contributed by atoms with Crippen LogP contribution in [0.3, 0.4) is 0 Å². The maximum Gasteiger partial charge on any atom is 0.143 e. The van der Waals surface area contributed by atoms with E-state index >= 15 is 0 Å². The summed E-state index contributed by atoms with van der Waals surface area (Å²) in [7, 11) is 0. The average Bonchev–Trinajstić information content (AvgIpc) is 2.14. The van der Waals surface area contributed by atoms with Gasteiger partial charge in [0.1, 0.15) is 5.82 Å². The van der Waals surface area contributed by atoms with Crippen LogP contribution in [0.4, 0.5) is 10.1 Å². The largest absolute Gasteiger partial charge is 0.398 e. The molecule has 0 aliphatic heterocycles. The van der Waals surface area contributed by atoms with Gasteiger partial charge in [0.05, 0.1) is 5.02 Å². The van der Waals surface area contributed by atoms with Gasteiger partial charge in [-0.25, -0.2) is 4.39 Å². The number of hydrogen-bond acceptors (Lipinski definition) is 2. The zero-order valence-electron chi connectivity index (χ0n) is 8.18. The Bertz CT molecular complexity index is 330. The Morgan fingerprint density at radius 2 is 2.21 bits per heavy atom. The number of anilines is 1. The second-order valence-corrected chi connectivity index (χ2v) is 5.03. The third-order valence-corrected chi connectivity index (χ3v) is 3.59. The Hall–Kier alpha value is -0.410. The summed E-state index contributed by atoms with van der Waals surface area (Å²) in [4.78, 5) is 0.853. The van der Waals surface area contributed by atoms with Gasteiger partial charge in [-0.05, 0) is 18.6 Å². The standard InChI is InChI=1S/C10H13ClFNS/c1-3-6(2)14-10-4-7(11)8(12)5-9(10)13/h4-6H,3,13H2,1-2H3. The van der Waals surface area contributed by atoms with Crippen LogP contribution in [-0.2, 0) is 0 Å². The number of hydrogen-bond donors (Lipinski definition) is 1. The fraction of sp³-hybridized carbons (Fsp3) is 0.400. The topological polar surface area (TPSA) is 26.0 Å². The van der Waals surface area contributed by atoms with Crippen molar-refractivity contribution in [3.05, 3.63) is 23.0 Å². The Morgan fingerprint density at radius 1 is 1.57 bits per heavy atom. The molecule has 0 amide bonds. The zero-order chi connectivity index (χ0) is 10.7. The van der Waals surface area contributed by atoms with Gasteiger partial charge >= 0.3 is 0 Å². The van der Waals surface area contributed by atoms with Crippen molar-refractivity contribution in [3.63, 3.8) is 0 Å². The molecule has 1 rings (SSSR count). The van der Waals surface area contributed by atoms with Crippen molar-refractivity contribution in [2.45, 2.75) is 30.4 Å². The lowest BCUT2D eigenvalue weighted by Gasteiger charge is -2.11. The SMILES string of the molecule is CCC(C)Sc1cc(Cl)c(F)cc1N. The second-order valence-electron chi connectivity index (χ2n) is 3.14. The zero-order valence-corrected chi connectivity index (χ0v) is 9.75. The summed E-state index contributed by atoms with van der Waals surface area (Å²) in [6, 6.07) is 2.86. The number of benzene rings is 1. The predicted octanol–water partition coefficient (Wildman–Crippen LogP) is 3.95. The Labute approximate surface area is 92.8 Å². The normalized spacial score (nSPS) is 12.9. The van der Waals surface area contributed by atoms with Crippen LogP contribution >= 0.6 is 23.4 Å². The van der Waals surface area contributed by atoms with Gasteiger partial charge in [0.25, 0.3) is 0 Å². The molecule has 0 saturated carbocycles. The Kier molecular flexibility index (Phi) is 4.08. The number of rotatable bonds is 3. The summed E-state index contributed by atoms with van der Waals surface area (Å²) in [5.74, 6) is -0.460. The van der Waals surface area contributed by atoms with Crippen molar-refractivity contribution >= 4 is 29.1 Å². The van der Waals surface area contributed by atoms with Gasteiger partial charge in [0.15, 0.2) is 0 Å². The first-order chi connectivity index (χ1) is 6.54. The summed E-state index contributed by atoms with van der Waals surface area (Å²) < 4.78 is 13.0. The lowest BCUT2D eigenvalue weighted by molar-refractivity contribution is 0.628. The first-order valence-corrected chi connectivity index (χ1v) is 5.71. The van der Waals surface area contributed by atoms with Crippen LogP contribution in [0.2, 0.25) is 5.02 Å². The molecule has 0 bridgehead atoms. The number of nitrogens with two attached hydrogens (primary N) is 1. The highest BCUT2D eigenvalue weighted by molar-refractivity contribution is 8.00. The first-order valence-electron chi connectivity index (χ1n) is 4.45. The quantitative estimate of drug-likeness (QED) is 0.632. The summed E-state index contributed by atoms with van der Waals surface area (Å²) in [6.45, 7) is 4.19. The van der Waals surface area contributed by atoms with E-state index in [0.717, 1.165) is 11.3 Å². The van der Waals surface area contributed by atoms with Crippen LogP contribution in [0.25, 0.3) is 0 Å². The molecule has 1 unspecified atom stereocenters. The van der Waals surface area contributed by atoms with Crippen LogP contribution in [0.5, 0.6) is 0 Å². The molecule has 1 nitrogen and oxygen atoms in total. The molecule has 0 spiro atoms. The van der Waals surface area contributed by atoms with Crippen LogP contribution in [-0.4, -0.2) is 5.25 Å². The minimum absolute atomic E-state index is 0.130. The maximum atomic E-state index is 13.0. The lowest BCUT2D eigenvalue weighted by Crippen LogP contribution is -1.96. The van der Waals surface area contributed by atoms with Crippen molar-refractivity contribution in [1.82, 2.24) is 0 Å². The minimum atomic E-state index is -0.460. The molecule has 1 aromatic carbocycles. The molecule has 0 aliphatic carbocycles.